The van der Waals surface area contributed by atoms with Gasteiger partial charge in [0.15, 0.2) is 0 Å². The van der Waals surface area contributed by atoms with Crippen molar-refractivity contribution >= 4 is 17.9 Å². The Kier molecular flexibility index (Phi) is 2.76. The minimum absolute atomic E-state index is 0.490. The van der Waals surface area contributed by atoms with Gasteiger partial charge in [0.25, 0.3) is 0 Å². The predicted molar refractivity (Wildman–Crippen MR) is 43.2 cm³/mol. The third-order valence-electron chi connectivity index (χ3n) is 1.15. The summed E-state index contributed by atoms with van der Waals surface area (Å²) in [5, 5.41) is 15.3. The van der Waals surface area contributed by atoms with Crippen LogP contribution in [0.4, 0.5) is 10.7 Å². The van der Waals surface area contributed by atoms with E-state index in [4.69, 9.17) is 0 Å². The minimum Gasteiger partial charge on any atom is -0.390 e. The predicted octanol–water partition coefficient (Wildman–Crippen LogP) is -1.97. The van der Waals surface area contributed by atoms with E-state index in [0.717, 1.165) is 0 Å². The van der Waals surface area contributed by atoms with Crippen molar-refractivity contribution in [1.82, 2.24) is 26.0 Å². The SMILES string of the molecule is NC(=O)NNC(=O)c1n[nH]c([N+](=O)[O-])n1. The van der Waals surface area contributed by atoms with Gasteiger partial charge in [-0.05, 0) is 9.91 Å². The van der Waals surface area contributed by atoms with Gasteiger partial charge in [0, 0.05) is 0 Å². The molecule has 0 aliphatic rings. The first-order valence-electron chi connectivity index (χ1n) is 3.43. The number of rotatable bonds is 2. The van der Waals surface area contributed by atoms with Crippen LogP contribution in [0.15, 0.2) is 0 Å². The molecule has 3 amide bonds. The Balaban J connectivity index is 2.66. The minimum atomic E-state index is -0.992. The van der Waals surface area contributed by atoms with Gasteiger partial charge in [0.1, 0.15) is 0 Å². The van der Waals surface area contributed by atoms with Gasteiger partial charge in [-0.1, -0.05) is 5.10 Å². The molecule has 0 saturated heterocycles. The number of amides is 3. The first-order valence-corrected chi connectivity index (χ1v) is 3.43. The maximum absolute atomic E-state index is 11.0. The zero-order valence-corrected chi connectivity index (χ0v) is 7.05. The van der Waals surface area contributed by atoms with Crippen molar-refractivity contribution < 1.29 is 14.5 Å². The number of nitrogens with zero attached hydrogens (tertiary/aromatic N) is 3. The van der Waals surface area contributed by atoms with Crippen LogP contribution in [0.2, 0.25) is 0 Å². The molecule has 0 spiro atoms. The standard InChI is InChI=1S/C4H5N7O4/c5-3(13)9-8-2(12)1-6-4(10-7-1)11(14)15/h(H,8,12)(H3,5,9,13)(H,6,7,10). The van der Waals surface area contributed by atoms with Crippen LogP contribution in [-0.4, -0.2) is 32.0 Å². The average Bonchev–Trinajstić information content (AvgIpc) is 2.62. The smallest absolute Gasteiger partial charge is 0.390 e. The molecule has 0 aliphatic heterocycles. The lowest BCUT2D eigenvalue weighted by molar-refractivity contribution is -0.394. The topological polar surface area (TPSA) is 169 Å². The van der Waals surface area contributed by atoms with Crippen molar-refractivity contribution in [2.75, 3.05) is 0 Å². The summed E-state index contributed by atoms with van der Waals surface area (Å²) in [7, 11) is 0. The van der Waals surface area contributed by atoms with Crippen LogP contribution in [0.25, 0.3) is 0 Å². The fourth-order valence-corrected chi connectivity index (χ4v) is 0.611. The lowest BCUT2D eigenvalue weighted by atomic mass is 10.6. The van der Waals surface area contributed by atoms with Crippen molar-refractivity contribution in [3.63, 3.8) is 0 Å². The van der Waals surface area contributed by atoms with E-state index in [1.165, 1.54) is 0 Å². The molecule has 0 aromatic carbocycles. The number of hydrazine groups is 1. The molecule has 0 atom stereocenters. The number of carbonyl (C=O) groups excluding carboxylic acids is 2. The Morgan fingerprint density at radius 2 is 2.13 bits per heavy atom. The molecule has 0 fully saturated rings. The fraction of sp³-hybridized carbons (Fsp3) is 0. The quantitative estimate of drug-likeness (QED) is 0.329. The molecule has 0 aliphatic carbocycles. The summed E-state index contributed by atoms with van der Waals surface area (Å²) in [6.07, 6.45) is 0. The second-order valence-electron chi connectivity index (χ2n) is 2.18. The second-order valence-corrected chi connectivity index (χ2v) is 2.18. The molecular weight excluding hydrogens is 210 g/mol. The van der Waals surface area contributed by atoms with Crippen LogP contribution in [0.3, 0.4) is 0 Å². The average molecular weight is 215 g/mol. The molecule has 0 bridgehead atoms. The molecule has 5 N–H and O–H groups in total. The normalized spacial score (nSPS) is 9.33. The number of hydrogen-bond acceptors (Lipinski definition) is 6. The third-order valence-corrected chi connectivity index (χ3v) is 1.15. The number of H-pyrrole nitrogens is 1. The summed E-state index contributed by atoms with van der Waals surface area (Å²) in [5.74, 6) is -2.10. The molecule has 1 heterocycles. The highest BCUT2D eigenvalue weighted by Crippen LogP contribution is 2.00. The summed E-state index contributed by atoms with van der Waals surface area (Å²) in [4.78, 5) is 33.7. The van der Waals surface area contributed by atoms with Crippen LogP contribution >= 0.6 is 0 Å². The molecular formula is C4H5N7O4. The summed E-state index contributed by atoms with van der Waals surface area (Å²) >= 11 is 0. The Hall–Kier alpha value is -2.72. The number of aromatic amines is 1. The highest BCUT2D eigenvalue weighted by atomic mass is 16.6. The van der Waals surface area contributed by atoms with Gasteiger partial charge in [0.2, 0.25) is 0 Å². The number of carbonyl (C=O) groups is 2. The van der Waals surface area contributed by atoms with E-state index in [9.17, 15) is 19.7 Å². The number of aromatic nitrogens is 3. The number of primary amides is 1. The Bertz CT molecular complexity index is 411. The van der Waals surface area contributed by atoms with Crippen LogP contribution < -0.4 is 16.6 Å². The van der Waals surface area contributed by atoms with E-state index in [-0.39, 0.29) is 0 Å². The van der Waals surface area contributed by atoms with Gasteiger partial charge in [-0.15, -0.1) is 5.10 Å². The van der Waals surface area contributed by atoms with E-state index < -0.39 is 28.6 Å². The van der Waals surface area contributed by atoms with Crippen molar-refractivity contribution in [1.29, 1.82) is 0 Å². The second kappa shape index (κ2) is 3.99. The van der Waals surface area contributed by atoms with Crippen molar-refractivity contribution in [2.24, 2.45) is 5.73 Å². The van der Waals surface area contributed by atoms with E-state index >= 15 is 0 Å². The zero-order valence-electron chi connectivity index (χ0n) is 7.05. The molecule has 0 radical (unpaired) electrons. The lowest BCUT2D eigenvalue weighted by Crippen LogP contribution is -2.44. The zero-order chi connectivity index (χ0) is 11.4. The molecule has 1 aromatic rings. The number of hydrogen-bond donors (Lipinski definition) is 4. The van der Waals surface area contributed by atoms with Crippen LogP contribution in [0.1, 0.15) is 10.6 Å². The number of nitro groups is 1. The first kappa shape index (κ1) is 10.4. The van der Waals surface area contributed by atoms with E-state index in [0.29, 0.717) is 0 Å². The Morgan fingerprint density at radius 1 is 1.47 bits per heavy atom. The van der Waals surface area contributed by atoms with E-state index in [2.05, 4.69) is 15.8 Å². The lowest BCUT2D eigenvalue weighted by Gasteiger charge is -1.98. The molecule has 15 heavy (non-hydrogen) atoms. The number of urea groups is 1. The molecule has 1 rings (SSSR count). The van der Waals surface area contributed by atoms with E-state index in [1.54, 1.807) is 5.43 Å². The van der Waals surface area contributed by atoms with Gasteiger partial charge < -0.3 is 15.8 Å². The summed E-state index contributed by atoms with van der Waals surface area (Å²) in [6.45, 7) is 0. The van der Waals surface area contributed by atoms with Crippen molar-refractivity contribution in [3.05, 3.63) is 15.9 Å². The number of nitrogens with two attached hydrogens (primary N) is 1. The highest BCUT2D eigenvalue weighted by molar-refractivity contribution is 5.91. The van der Waals surface area contributed by atoms with Crippen LogP contribution in [0, 0.1) is 10.1 Å². The molecule has 1 aromatic heterocycles. The maximum atomic E-state index is 11.0. The fourth-order valence-electron chi connectivity index (χ4n) is 0.611. The highest BCUT2D eigenvalue weighted by Gasteiger charge is 2.20. The van der Waals surface area contributed by atoms with E-state index in [1.807, 2.05) is 10.5 Å². The molecule has 0 unspecified atom stereocenters. The van der Waals surface area contributed by atoms with Crippen molar-refractivity contribution in [2.45, 2.75) is 0 Å². The Morgan fingerprint density at radius 3 is 2.60 bits per heavy atom. The maximum Gasteiger partial charge on any atom is 0.454 e. The molecule has 0 saturated carbocycles. The van der Waals surface area contributed by atoms with Gasteiger partial charge in [-0.2, -0.15) is 0 Å². The van der Waals surface area contributed by atoms with Gasteiger partial charge in [-0.3, -0.25) is 10.2 Å². The Labute approximate surface area is 81.2 Å². The molecule has 80 valence electrons. The van der Waals surface area contributed by atoms with Crippen LogP contribution in [-0.2, 0) is 0 Å². The number of nitrogens with one attached hydrogen (secondary N) is 3. The third kappa shape index (κ3) is 2.61. The van der Waals surface area contributed by atoms with Gasteiger partial charge in [-0.25, -0.2) is 10.2 Å². The monoisotopic (exact) mass is 215 g/mol. The summed E-state index contributed by atoms with van der Waals surface area (Å²) < 4.78 is 0. The van der Waals surface area contributed by atoms with Gasteiger partial charge >= 0.3 is 23.7 Å². The molecule has 11 heteroatoms. The summed E-state index contributed by atoms with van der Waals surface area (Å²) in [5.41, 5.74) is 8.23. The van der Waals surface area contributed by atoms with Gasteiger partial charge in [0.05, 0.1) is 0 Å². The first-order chi connectivity index (χ1) is 7.00. The van der Waals surface area contributed by atoms with Crippen LogP contribution in [0.5, 0.6) is 0 Å². The molecule has 11 nitrogen and oxygen atoms in total. The van der Waals surface area contributed by atoms with Crippen molar-refractivity contribution in [3.8, 4) is 0 Å². The largest absolute Gasteiger partial charge is 0.454 e. The summed E-state index contributed by atoms with van der Waals surface area (Å²) in [6, 6.07) is -0.992.